The van der Waals surface area contributed by atoms with E-state index in [4.69, 9.17) is 16.3 Å². The zero-order valence-corrected chi connectivity index (χ0v) is 13.4. The summed E-state index contributed by atoms with van der Waals surface area (Å²) >= 11 is 6.12. The average Bonchev–Trinajstić information content (AvgIpc) is 2.39. The molecule has 1 aliphatic rings. The van der Waals surface area contributed by atoms with Crippen molar-refractivity contribution in [2.75, 3.05) is 37.7 Å². The van der Waals surface area contributed by atoms with E-state index in [1.807, 2.05) is 12.1 Å². The average molecular weight is 328 g/mol. The van der Waals surface area contributed by atoms with Crippen molar-refractivity contribution in [2.24, 2.45) is 0 Å². The van der Waals surface area contributed by atoms with Gasteiger partial charge < -0.3 is 15.0 Å². The number of nitrogens with zero attached hydrogens (tertiary/aromatic N) is 1. The van der Waals surface area contributed by atoms with Crippen LogP contribution in [0.4, 0.5) is 5.69 Å². The van der Waals surface area contributed by atoms with Crippen LogP contribution in [0.25, 0.3) is 0 Å². The fraction of sp³-hybridized carbons (Fsp3) is 0.538. The molecule has 0 atom stereocenters. The van der Waals surface area contributed by atoms with E-state index in [1.54, 1.807) is 0 Å². The monoisotopic (exact) mass is 326 g/mol. The quantitative estimate of drug-likeness (QED) is 0.917. The molecular formula is C13H21Cl3N2O. The fourth-order valence-electron chi connectivity index (χ4n) is 1.93. The van der Waals surface area contributed by atoms with Crippen LogP contribution in [-0.4, -0.2) is 32.8 Å². The summed E-state index contributed by atoms with van der Waals surface area (Å²) < 4.78 is 5.64. The standard InChI is InChI=1S/C13H19ClN2O.2ClH/c1-2-9-17-13-10-11(3-4-12(13)14)16-7-5-15-6-8-16;;/h3-4,10,15H,2,5-9H2,1H3;2*1H. The van der Waals surface area contributed by atoms with Crippen molar-refractivity contribution in [3.8, 4) is 5.75 Å². The summed E-state index contributed by atoms with van der Waals surface area (Å²) in [5, 5.41) is 4.04. The minimum atomic E-state index is 0. The van der Waals surface area contributed by atoms with Gasteiger partial charge in [-0.15, -0.1) is 24.8 Å². The SMILES string of the molecule is CCCOc1cc(N2CCNCC2)ccc1Cl.Cl.Cl. The number of benzene rings is 1. The molecule has 6 heteroatoms. The maximum absolute atomic E-state index is 6.12. The van der Waals surface area contributed by atoms with Gasteiger partial charge in [0.15, 0.2) is 0 Å². The van der Waals surface area contributed by atoms with Gasteiger partial charge >= 0.3 is 0 Å². The van der Waals surface area contributed by atoms with Crippen molar-refractivity contribution >= 4 is 42.1 Å². The lowest BCUT2D eigenvalue weighted by Crippen LogP contribution is -2.43. The topological polar surface area (TPSA) is 24.5 Å². The smallest absolute Gasteiger partial charge is 0.139 e. The molecule has 0 aromatic heterocycles. The van der Waals surface area contributed by atoms with Crippen LogP contribution in [0.1, 0.15) is 13.3 Å². The summed E-state index contributed by atoms with van der Waals surface area (Å²) in [6.07, 6.45) is 0.994. The van der Waals surface area contributed by atoms with E-state index in [1.165, 1.54) is 5.69 Å². The van der Waals surface area contributed by atoms with E-state index in [9.17, 15) is 0 Å². The largest absolute Gasteiger partial charge is 0.492 e. The van der Waals surface area contributed by atoms with Crippen LogP contribution in [0, 0.1) is 0 Å². The number of halogens is 3. The van der Waals surface area contributed by atoms with Gasteiger partial charge in [0.2, 0.25) is 0 Å². The minimum absolute atomic E-state index is 0. The molecule has 0 saturated carbocycles. The highest BCUT2D eigenvalue weighted by Crippen LogP contribution is 2.29. The van der Waals surface area contributed by atoms with Crippen LogP contribution in [0.2, 0.25) is 5.02 Å². The van der Waals surface area contributed by atoms with Crippen molar-refractivity contribution < 1.29 is 4.74 Å². The van der Waals surface area contributed by atoms with Crippen molar-refractivity contribution in [1.29, 1.82) is 0 Å². The highest BCUT2D eigenvalue weighted by Gasteiger charge is 2.12. The molecule has 1 N–H and O–H groups in total. The zero-order valence-electron chi connectivity index (χ0n) is 11.0. The Labute approximate surface area is 132 Å². The molecule has 3 nitrogen and oxygen atoms in total. The molecule has 1 heterocycles. The second kappa shape index (κ2) is 9.54. The molecule has 19 heavy (non-hydrogen) atoms. The molecule has 0 aliphatic carbocycles. The maximum atomic E-state index is 6.12. The predicted molar refractivity (Wildman–Crippen MR) is 86.8 cm³/mol. The first kappa shape index (κ1) is 18.7. The summed E-state index contributed by atoms with van der Waals surface area (Å²) in [7, 11) is 0. The number of anilines is 1. The Morgan fingerprint density at radius 2 is 1.95 bits per heavy atom. The second-order valence-corrected chi connectivity index (χ2v) is 4.61. The van der Waals surface area contributed by atoms with Gasteiger partial charge in [-0.25, -0.2) is 0 Å². The Morgan fingerprint density at radius 1 is 1.26 bits per heavy atom. The van der Waals surface area contributed by atoms with Crippen LogP contribution in [0.5, 0.6) is 5.75 Å². The molecule has 2 rings (SSSR count). The van der Waals surface area contributed by atoms with Crippen LogP contribution < -0.4 is 15.0 Å². The molecule has 1 saturated heterocycles. The van der Waals surface area contributed by atoms with Crippen molar-refractivity contribution in [3.63, 3.8) is 0 Å². The van der Waals surface area contributed by atoms with Crippen LogP contribution in [-0.2, 0) is 0 Å². The van der Waals surface area contributed by atoms with E-state index in [0.29, 0.717) is 11.6 Å². The summed E-state index contributed by atoms with van der Waals surface area (Å²) in [5.74, 6) is 0.796. The summed E-state index contributed by atoms with van der Waals surface area (Å²) in [6.45, 7) is 6.95. The highest BCUT2D eigenvalue weighted by atomic mass is 35.5. The maximum Gasteiger partial charge on any atom is 0.139 e. The molecule has 1 aliphatic heterocycles. The Hall–Kier alpha value is -0.350. The molecule has 0 amide bonds. The number of nitrogens with one attached hydrogen (secondary N) is 1. The van der Waals surface area contributed by atoms with Gasteiger partial charge in [-0.05, 0) is 18.6 Å². The van der Waals surface area contributed by atoms with Crippen molar-refractivity contribution in [1.82, 2.24) is 5.32 Å². The lowest BCUT2D eigenvalue weighted by atomic mass is 10.2. The first-order chi connectivity index (χ1) is 8.31. The van der Waals surface area contributed by atoms with Gasteiger partial charge in [-0.2, -0.15) is 0 Å². The molecule has 1 aromatic carbocycles. The molecule has 1 fully saturated rings. The van der Waals surface area contributed by atoms with Crippen LogP contribution in [0.3, 0.4) is 0 Å². The third-order valence-electron chi connectivity index (χ3n) is 2.86. The van der Waals surface area contributed by atoms with Crippen LogP contribution >= 0.6 is 36.4 Å². The van der Waals surface area contributed by atoms with Gasteiger partial charge in [0, 0.05) is 37.9 Å². The second-order valence-electron chi connectivity index (χ2n) is 4.20. The third kappa shape index (κ3) is 5.27. The number of piperazine rings is 1. The van der Waals surface area contributed by atoms with E-state index in [0.717, 1.165) is 38.3 Å². The van der Waals surface area contributed by atoms with Gasteiger partial charge in [0.1, 0.15) is 5.75 Å². The number of ether oxygens (including phenoxy) is 1. The molecule has 0 unspecified atom stereocenters. The van der Waals surface area contributed by atoms with Gasteiger partial charge in [-0.1, -0.05) is 18.5 Å². The highest BCUT2D eigenvalue weighted by molar-refractivity contribution is 6.32. The van der Waals surface area contributed by atoms with E-state index >= 15 is 0 Å². The molecule has 0 spiro atoms. The molecular weight excluding hydrogens is 307 g/mol. The third-order valence-corrected chi connectivity index (χ3v) is 3.17. The first-order valence-electron chi connectivity index (χ1n) is 6.19. The fourth-order valence-corrected chi connectivity index (χ4v) is 2.11. The Kier molecular flexibility index (Phi) is 9.36. The number of hydrogen-bond acceptors (Lipinski definition) is 3. The van der Waals surface area contributed by atoms with E-state index < -0.39 is 0 Å². The van der Waals surface area contributed by atoms with E-state index in [-0.39, 0.29) is 24.8 Å². The molecule has 0 bridgehead atoms. The molecule has 0 radical (unpaired) electrons. The van der Waals surface area contributed by atoms with Crippen molar-refractivity contribution in [3.05, 3.63) is 23.2 Å². The lowest BCUT2D eigenvalue weighted by Gasteiger charge is -2.29. The first-order valence-corrected chi connectivity index (χ1v) is 6.57. The van der Waals surface area contributed by atoms with Crippen molar-refractivity contribution in [2.45, 2.75) is 13.3 Å². The Morgan fingerprint density at radius 3 is 2.58 bits per heavy atom. The summed E-state index contributed by atoms with van der Waals surface area (Å²) in [4.78, 5) is 2.35. The zero-order chi connectivity index (χ0) is 12.1. The number of hydrogen-bond donors (Lipinski definition) is 1. The Balaban J connectivity index is 0.00000162. The van der Waals surface area contributed by atoms with Gasteiger partial charge in [0.05, 0.1) is 11.6 Å². The summed E-state index contributed by atoms with van der Waals surface area (Å²) in [6, 6.07) is 6.03. The molecule has 1 aromatic rings. The minimum Gasteiger partial charge on any atom is -0.492 e. The van der Waals surface area contributed by atoms with Gasteiger partial charge in [0.25, 0.3) is 0 Å². The van der Waals surface area contributed by atoms with Crippen LogP contribution in [0.15, 0.2) is 18.2 Å². The predicted octanol–water partition coefficient (Wildman–Crippen LogP) is 3.38. The van der Waals surface area contributed by atoms with E-state index in [2.05, 4.69) is 23.2 Å². The number of rotatable bonds is 4. The lowest BCUT2D eigenvalue weighted by molar-refractivity contribution is 0.317. The Bertz CT molecular complexity index is 371. The van der Waals surface area contributed by atoms with Gasteiger partial charge in [-0.3, -0.25) is 0 Å². The summed E-state index contributed by atoms with van der Waals surface area (Å²) in [5.41, 5.74) is 1.20. The normalized spacial score (nSPS) is 14.3. The molecule has 110 valence electrons.